The number of unbranched alkanes of at least 4 members (excludes halogenated alkanes) is 1. The predicted octanol–water partition coefficient (Wildman–Crippen LogP) is 6.93. The van der Waals surface area contributed by atoms with Gasteiger partial charge < -0.3 is 9.80 Å². The van der Waals surface area contributed by atoms with Gasteiger partial charge >= 0.3 is 6.18 Å². The summed E-state index contributed by atoms with van der Waals surface area (Å²) >= 11 is 0. The van der Waals surface area contributed by atoms with E-state index in [-0.39, 0.29) is 17.6 Å². The molecule has 0 saturated carbocycles. The van der Waals surface area contributed by atoms with Crippen molar-refractivity contribution >= 4 is 11.7 Å². The maximum atomic E-state index is 13.4. The standard InChI is InChI=1S/C31H37F3N4O/c1-4-6-13-24(5-2)30(39)38-18-16-37(17-19-38)29-27(20-23-11-8-7-9-12-23)22(3)35-28(36-29)25-14-10-15-26(21-25)31(32,33)34/h7-12,14-15,21,24H,4-6,13,16-20H2,1-3H3/t24-/m0/s1. The highest BCUT2D eigenvalue weighted by Gasteiger charge is 2.31. The Hall–Kier alpha value is -3.42. The molecular formula is C31H37F3N4O. The van der Waals surface area contributed by atoms with Gasteiger partial charge in [-0.3, -0.25) is 4.79 Å². The minimum absolute atomic E-state index is 0.0546. The maximum Gasteiger partial charge on any atom is 0.416 e. The fraction of sp³-hybridized carbons (Fsp3) is 0.452. The van der Waals surface area contributed by atoms with Crippen LogP contribution in [-0.4, -0.2) is 47.0 Å². The van der Waals surface area contributed by atoms with Crippen LogP contribution in [-0.2, 0) is 17.4 Å². The highest BCUT2D eigenvalue weighted by atomic mass is 19.4. The van der Waals surface area contributed by atoms with E-state index < -0.39 is 11.7 Å². The number of anilines is 1. The van der Waals surface area contributed by atoms with Gasteiger partial charge in [-0.2, -0.15) is 13.2 Å². The predicted molar refractivity (Wildman–Crippen MR) is 149 cm³/mol. The Labute approximate surface area is 229 Å². The lowest BCUT2D eigenvalue weighted by atomic mass is 9.97. The molecule has 1 aliphatic rings. The van der Waals surface area contributed by atoms with Crippen molar-refractivity contribution in [2.75, 3.05) is 31.1 Å². The van der Waals surface area contributed by atoms with Crippen molar-refractivity contribution in [2.24, 2.45) is 5.92 Å². The number of aryl methyl sites for hydroxylation is 1. The van der Waals surface area contributed by atoms with Crippen LogP contribution in [0, 0.1) is 12.8 Å². The van der Waals surface area contributed by atoms with E-state index in [1.54, 1.807) is 6.07 Å². The molecule has 0 aliphatic carbocycles. The lowest BCUT2D eigenvalue weighted by Crippen LogP contribution is -2.51. The second kappa shape index (κ2) is 12.6. The summed E-state index contributed by atoms with van der Waals surface area (Å²) in [5, 5.41) is 0. The third-order valence-corrected chi connectivity index (χ3v) is 7.50. The van der Waals surface area contributed by atoms with E-state index in [0.717, 1.165) is 60.5 Å². The lowest BCUT2D eigenvalue weighted by Gasteiger charge is -2.38. The molecule has 0 N–H and O–H groups in total. The molecule has 1 fully saturated rings. The van der Waals surface area contributed by atoms with Crippen molar-refractivity contribution in [1.29, 1.82) is 0 Å². The molecule has 0 radical (unpaired) electrons. The summed E-state index contributed by atoms with van der Waals surface area (Å²) in [6.45, 7) is 8.50. The molecule has 39 heavy (non-hydrogen) atoms. The number of carbonyl (C=O) groups excluding carboxylic acids is 1. The van der Waals surface area contributed by atoms with Gasteiger partial charge in [-0.05, 0) is 37.5 Å². The first kappa shape index (κ1) is 28.6. The van der Waals surface area contributed by atoms with Gasteiger partial charge in [0.05, 0.1) is 5.56 Å². The van der Waals surface area contributed by atoms with Gasteiger partial charge in [0.2, 0.25) is 5.91 Å². The van der Waals surface area contributed by atoms with Gasteiger partial charge in [-0.25, -0.2) is 9.97 Å². The molecule has 1 atom stereocenters. The molecular weight excluding hydrogens is 501 g/mol. The van der Waals surface area contributed by atoms with Crippen LogP contribution in [0.4, 0.5) is 19.0 Å². The number of benzene rings is 2. The SMILES string of the molecule is CCCC[C@H](CC)C(=O)N1CCN(c2nc(-c3cccc(C(F)(F)F)c3)nc(C)c2Cc2ccccc2)CC1. The van der Waals surface area contributed by atoms with Gasteiger partial charge in [-0.15, -0.1) is 0 Å². The molecule has 8 heteroatoms. The molecule has 1 aromatic heterocycles. The smallest absolute Gasteiger partial charge is 0.353 e. The summed E-state index contributed by atoms with van der Waals surface area (Å²) in [5.74, 6) is 1.27. The number of alkyl halides is 3. The van der Waals surface area contributed by atoms with Crippen molar-refractivity contribution in [3.8, 4) is 11.4 Å². The normalized spacial score (nSPS) is 14.9. The largest absolute Gasteiger partial charge is 0.416 e. The number of rotatable bonds is 9. The van der Waals surface area contributed by atoms with E-state index in [1.165, 1.54) is 6.07 Å². The summed E-state index contributed by atoms with van der Waals surface area (Å²) in [7, 11) is 0. The first-order valence-electron chi connectivity index (χ1n) is 13.8. The summed E-state index contributed by atoms with van der Waals surface area (Å²) in [6, 6.07) is 15.2. The minimum Gasteiger partial charge on any atom is -0.353 e. The third kappa shape index (κ3) is 6.97. The quantitative estimate of drug-likeness (QED) is 0.297. The van der Waals surface area contributed by atoms with Crippen LogP contribution >= 0.6 is 0 Å². The molecule has 5 nitrogen and oxygen atoms in total. The summed E-state index contributed by atoms with van der Waals surface area (Å²) < 4.78 is 40.2. The lowest BCUT2D eigenvalue weighted by molar-refractivity contribution is -0.137. The average Bonchev–Trinajstić information content (AvgIpc) is 2.94. The second-order valence-electron chi connectivity index (χ2n) is 10.2. The maximum absolute atomic E-state index is 13.4. The Morgan fingerprint density at radius 2 is 1.69 bits per heavy atom. The average molecular weight is 539 g/mol. The number of amides is 1. The molecule has 2 heterocycles. The van der Waals surface area contributed by atoms with E-state index in [0.29, 0.717) is 38.2 Å². The summed E-state index contributed by atoms with van der Waals surface area (Å²) in [5.41, 5.74) is 2.40. The van der Waals surface area contributed by atoms with Crippen molar-refractivity contribution in [1.82, 2.24) is 14.9 Å². The number of aromatic nitrogens is 2. The first-order chi connectivity index (χ1) is 18.7. The molecule has 0 unspecified atom stereocenters. The third-order valence-electron chi connectivity index (χ3n) is 7.50. The van der Waals surface area contributed by atoms with Crippen LogP contribution in [0.25, 0.3) is 11.4 Å². The number of hydrogen-bond donors (Lipinski definition) is 0. The van der Waals surface area contributed by atoms with Crippen LogP contribution in [0.1, 0.15) is 61.9 Å². The fourth-order valence-electron chi connectivity index (χ4n) is 5.16. The molecule has 1 aliphatic heterocycles. The van der Waals surface area contributed by atoms with E-state index in [4.69, 9.17) is 4.98 Å². The number of carbonyl (C=O) groups is 1. The summed E-state index contributed by atoms with van der Waals surface area (Å²) in [6.07, 6.45) is 0.0372. The zero-order valence-corrected chi connectivity index (χ0v) is 23.0. The monoisotopic (exact) mass is 538 g/mol. The second-order valence-corrected chi connectivity index (χ2v) is 10.2. The van der Waals surface area contributed by atoms with Gasteiger partial charge in [-0.1, -0.05) is 69.2 Å². The zero-order valence-electron chi connectivity index (χ0n) is 23.0. The van der Waals surface area contributed by atoms with E-state index in [2.05, 4.69) is 23.7 Å². The topological polar surface area (TPSA) is 49.3 Å². The van der Waals surface area contributed by atoms with Crippen molar-refractivity contribution < 1.29 is 18.0 Å². The number of halogens is 3. The van der Waals surface area contributed by atoms with Crippen LogP contribution < -0.4 is 4.90 Å². The Morgan fingerprint density at radius 3 is 2.33 bits per heavy atom. The van der Waals surface area contributed by atoms with Gasteiger partial charge in [0.15, 0.2) is 5.82 Å². The van der Waals surface area contributed by atoms with Crippen molar-refractivity contribution in [2.45, 2.75) is 59.1 Å². The molecule has 1 amide bonds. The molecule has 0 spiro atoms. The van der Waals surface area contributed by atoms with Crippen LogP contribution in [0.5, 0.6) is 0 Å². The Morgan fingerprint density at radius 1 is 0.974 bits per heavy atom. The van der Waals surface area contributed by atoms with E-state index in [9.17, 15) is 18.0 Å². The number of piperazine rings is 1. The van der Waals surface area contributed by atoms with E-state index >= 15 is 0 Å². The van der Waals surface area contributed by atoms with Crippen LogP contribution in [0.3, 0.4) is 0 Å². The highest BCUT2D eigenvalue weighted by molar-refractivity contribution is 5.79. The molecule has 3 aromatic rings. The fourth-order valence-corrected chi connectivity index (χ4v) is 5.16. The molecule has 0 bridgehead atoms. The molecule has 208 valence electrons. The van der Waals surface area contributed by atoms with Crippen molar-refractivity contribution in [3.05, 3.63) is 77.0 Å². The molecule has 2 aromatic carbocycles. The van der Waals surface area contributed by atoms with Crippen LogP contribution in [0.2, 0.25) is 0 Å². The van der Waals surface area contributed by atoms with E-state index in [1.807, 2.05) is 42.2 Å². The van der Waals surface area contributed by atoms with Crippen molar-refractivity contribution in [3.63, 3.8) is 0 Å². The Balaban J connectivity index is 1.64. The number of nitrogens with zero attached hydrogens (tertiary/aromatic N) is 4. The first-order valence-corrected chi connectivity index (χ1v) is 13.8. The highest BCUT2D eigenvalue weighted by Crippen LogP contribution is 2.33. The van der Waals surface area contributed by atoms with Gasteiger partial charge in [0.25, 0.3) is 0 Å². The molecule has 1 saturated heterocycles. The minimum atomic E-state index is -4.45. The Bertz CT molecular complexity index is 1250. The molecule has 4 rings (SSSR count). The van der Waals surface area contributed by atoms with Crippen LogP contribution in [0.15, 0.2) is 54.6 Å². The zero-order chi connectivity index (χ0) is 28.0. The van der Waals surface area contributed by atoms with Gasteiger partial charge in [0.1, 0.15) is 5.82 Å². The Kier molecular flexibility index (Phi) is 9.25. The van der Waals surface area contributed by atoms with Gasteiger partial charge in [0, 0.05) is 55.3 Å². The summed E-state index contributed by atoms with van der Waals surface area (Å²) in [4.78, 5) is 26.8. The number of hydrogen-bond acceptors (Lipinski definition) is 4.